The number of hydrogen-bond acceptors (Lipinski definition) is 5. The van der Waals surface area contributed by atoms with E-state index in [4.69, 9.17) is 9.47 Å². The molecule has 1 rings (SSSR count). The molecule has 1 unspecified atom stereocenters. The summed E-state index contributed by atoms with van der Waals surface area (Å²) in [5, 5.41) is 9.56. The van der Waals surface area contributed by atoms with E-state index in [1.165, 1.54) is 6.33 Å². The molecule has 0 aliphatic heterocycles. The first-order valence-corrected chi connectivity index (χ1v) is 4.70. The fourth-order valence-corrected chi connectivity index (χ4v) is 1.35. The lowest BCUT2D eigenvalue weighted by Gasteiger charge is -2.11. The topological polar surface area (TPSA) is 64.5 Å². The Kier molecular flexibility index (Phi) is 4.45. The SMILES string of the molecule is COCC(O)Cc1ncnc(OC)c1C. The van der Waals surface area contributed by atoms with Crippen LogP contribution in [0.5, 0.6) is 5.88 Å². The Hall–Kier alpha value is -1.20. The summed E-state index contributed by atoms with van der Waals surface area (Å²) in [5.41, 5.74) is 1.64. The molecule has 1 N–H and O–H groups in total. The average molecular weight is 212 g/mol. The molecule has 0 spiro atoms. The van der Waals surface area contributed by atoms with Gasteiger partial charge in [-0.15, -0.1) is 0 Å². The first-order chi connectivity index (χ1) is 7.19. The van der Waals surface area contributed by atoms with Gasteiger partial charge < -0.3 is 14.6 Å². The summed E-state index contributed by atoms with van der Waals surface area (Å²) in [7, 11) is 3.11. The summed E-state index contributed by atoms with van der Waals surface area (Å²) in [5.74, 6) is 0.546. The third kappa shape index (κ3) is 3.14. The quantitative estimate of drug-likeness (QED) is 0.762. The fourth-order valence-electron chi connectivity index (χ4n) is 1.35. The van der Waals surface area contributed by atoms with Crippen LogP contribution in [0.1, 0.15) is 11.3 Å². The Balaban J connectivity index is 2.76. The predicted octanol–water partition coefficient (Wildman–Crippen LogP) is 0.343. The zero-order valence-electron chi connectivity index (χ0n) is 9.23. The van der Waals surface area contributed by atoms with Crippen LogP contribution in [-0.2, 0) is 11.2 Å². The van der Waals surface area contributed by atoms with Gasteiger partial charge in [0.15, 0.2) is 0 Å². The van der Waals surface area contributed by atoms with E-state index in [0.717, 1.165) is 11.3 Å². The van der Waals surface area contributed by atoms with Gasteiger partial charge >= 0.3 is 0 Å². The fraction of sp³-hybridized carbons (Fsp3) is 0.600. The molecule has 0 amide bonds. The van der Waals surface area contributed by atoms with Crippen LogP contribution in [0, 0.1) is 6.92 Å². The highest BCUT2D eigenvalue weighted by Gasteiger charge is 2.11. The number of aromatic nitrogens is 2. The lowest BCUT2D eigenvalue weighted by Crippen LogP contribution is -2.18. The molecule has 5 heteroatoms. The number of methoxy groups -OCH3 is 2. The summed E-state index contributed by atoms with van der Waals surface area (Å²) < 4.78 is 9.91. The second-order valence-electron chi connectivity index (χ2n) is 3.27. The van der Waals surface area contributed by atoms with E-state index in [2.05, 4.69) is 9.97 Å². The highest BCUT2D eigenvalue weighted by Crippen LogP contribution is 2.16. The molecule has 0 saturated carbocycles. The van der Waals surface area contributed by atoms with Crippen LogP contribution in [0.25, 0.3) is 0 Å². The number of nitrogens with zero attached hydrogens (tertiary/aromatic N) is 2. The molecule has 0 aromatic carbocycles. The molecule has 0 bridgehead atoms. The summed E-state index contributed by atoms with van der Waals surface area (Å²) in [6.07, 6.45) is 1.33. The van der Waals surface area contributed by atoms with E-state index in [1.54, 1.807) is 14.2 Å². The van der Waals surface area contributed by atoms with Crippen LogP contribution in [-0.4, -0.2) is 42.0 Å². The molecule has 1 aromatic rings. The van der Waals surface area contributed by atoms with Gasteiger partial charge in [0.25, 0.3) is 0 Å². The Bertz CT molecular complexity index is 318. The van der Waals surface area contributed by atoms with Crippen LogP contribution in [0.15, 0.2) is 6.33 Å². The highest BCUT2D eigenvalue weighted by atomic mass is 16.5. The Morgan fingerprint density at radius 2 is 2.13 bits per heavy atom. The number of hydrogen-bond donors (Lipinski definition) is 1. The van der Waals surface area contributed by atoms with Gasteiger partial charge in [-0.1, -0.05) is 0 Å². The molecule has 84 valence electrons. The molecule has 15 heavy (non-hydrogen) atoms. The summed E-state index contributed by atoms with van der Waals surface area (Å²) in [4.78, 5) is 8.07. The molecule has 0 aliphatic carbocycles. The Labute approximate surface area is 89.1 Å². The van der Waals surface area contributed by atoms with Crippen molar-refractivity contribution in [2.24, 2.45) is 0 Å². The second kappa shape index (κ2) is 5.63. The summed E-state index contributed by atoms with van der Waals surface area (Å²) in [6, 6.07) is 0. The average Bonchev–Trinajstić information content (AvgIpc) is 2.21. The highest BCUT2D eigenvalue weighted by molar-refractivity contribution is 5.28. The third-order valence-corrected chi connectivity index (χ3v) is 2.12. The number of ether oxygens (including phenoxy) is 2. The zero-order chi connectivity index (χ0) is 11.3. The van der Waals surface area contributed by atoms with Crippen molar-refractivity contribution in [3.63, 3.8) is 0 Å². The molecule has 0 saturated heterocycles. The van der Waals surface area contributed by atoms with Crippen molar-refractivity contribution in [3.05, 3.63) is 17.6 Å². The standard InChI is InChI=1S/C10H16N2O3/c1-7-9(4-8(13)5-14-2)11-6-12-10(7)15-3/h6,8,13H,4-5H2,1-3H3. The van der Waals surface area contributed by atoms with E-state index >= 15 is 0 Å². The smallest absolute Gasteiger partial charge is 0.219 e. The zero-order valence-corrected chi connectivity index (χ0v) is 9.23. The van der Waals surface area contributed by atoms with Crippen LogP contribution in [0.2, 0.25) is 0 Å². The largest absolute Gasteiger partial charge is 0.481 e. The number of aliphatic hydroxyl groups is 1. The van der Waals surface area contributed by atoms with E-state index in [9.17, 15) is 5.11 Å². The van der Waals surface area contributed by atoms with Crippen molar-refractivity contribution >= 4 is 0 Å². The van der Waals surface area contributed by atoms with Gasteiger partial charge in [0, 0.05) is 19.1 Å². The minimum atomic E-state index is -0.548. The van der Waals surface area contributed by atoms with Crippen LogP contribution in [0.3, 0.4) is 0 Å². The molecule has 0 fully saturated rings. The lowest BCUT2D eigenvalue weighted by atomic mass is 10.1. The Morgan fingerprint density at radius 1 is 1.40 bits per heavy atom. The molecule has 1 heterocycles. The van der Waals surface area contributed by atoms with Crippen molar-refractivity contribution in [2.45, 2.75) is 19.4 Å². The van der Waals surface area contributed by atoms with E-state index in [-0.39, 0.29) is 0 Å². The van der Waals surface area contributed by atoms with Crippen molar-refractivity contribution in [2.75, 3.05) is 20.8 Å². The van der Waals surface area contributed by atoms with Gasteiger partial charge in [-0.05, 0) is 6.92 Å². The van der Waals surface area contributed by atoms with E-state index in [1.807, 2.05) is 6.92 Å². The van der Waals surface area contributed by atoms with Crippen LogP contribution in [0.4, 0.5) is 0 Å². The maximum Gasteiger partial charge on any atom is 0.219 e. The van der Waals surface area contributed by atoms with Gasteiger partial charge in [-0.25, -0.2) is 9.97 Å². The first kappa shape index (κ1) is 11.9. The van der Waals surface area contributed by atoms with Gasteiger partial charge in [-0.3, -0.25) is 0 Å². The summed E-state index contributed by atoms with van der Waals surface area (Å²) in [6.45, 7) is 2.17. The van der Waals surface area contributed by atoms with Crippen molar-refractivity contribution in [1.82, 2.24) is 9.97 Å². The molecule has 1 aromatic heterocycles. The van der Waals surface area contributed by atoms with Crippen molar-refractivity contribution < 1.29 is 14.6 Å². The first-order valence-electron chi connectivity index (χ1n) is 4.70. The van der Waals surface area contributed by atoms with E-state index in [0.29, 0.717) is 18.9 Å². The minimum absolute atomic E-state index is 0.297. The molecule has 5 nitrogen and oxygen atoms in total. The molecule has 0 aliphatic rings. The van der Waals surface area contributed by atoms with Crippen LogP contribution >= 0.6 is 0 Å². The van der Waals surface area contributed by atoms with Gasteiger partial charge in [-0.2, -0.15) is 0 Å². The molecule has 0 radical (unpaired) electrons. The third-order valence-electron chi connectivity index (χ3n) is 2.12. The predicted molar refractivity (Wildman–Crippen MR) is 54.9 cm³/mol. The molecular formula is C10H16N2O3. The number of rotatable bonds is 5. The van der Waals surface area contributed by atoms with Crippen LogP contribution < -0.4 is 4.74 Å². The van der Waals surface area contributed by atoms with E-state index < -0.39 is 6.10 Å². The monoisotopic (exact) mass is 212 g/mol. The van der Waals surface area contributed by atoms with Crippen molar-refractivity contribution in [1.29, 1.82) is 0 Å². The second-order valence-corrected chi connectivity index (χ2v) is 3.27. The molecular weight excluding hydrogens is 196 g/mol. The van der Waals surface area contributed by atoms with Gasteiger partial charge in [0.2, 0.25) is 5.88 Å². The summed E-state index contributed by atoms with van der Waals surface area (Å²) >= 11 is 0. The Morgan fingerprint density at radius 3 is 2.73 bits per heavy atom. The maximum absolute atomic E-state index is 9.56. The number of aliphatic hydroxyl groups excluding tert-OH is 1. The minimum Gasteiger partial charge on any atom is -0.481 e. The lowest BCUT2D eigenvalue weighted by molar-refractivity contribution is 0.0643. The van der Waals surface area contributed by atoms with Gasteiger partial charge in [0.1, 0.15) is 6.33 Å². The van der Waals surface area contributed by atoms with Crippen molar-refractivity contribution in [3.8, 4) is 5.88 Å². The van der Waals surface area contributed by atoms with Gasteiger partial charge in [0.05, 0.1) is 25.5 Å². The normalized spacial score (nSPS) is 12.5. The maximum atomic E-state index is 9.56. The molecule has 1 atom stereocenters.